The van der Waals surface area contributed by atoms with Crippen LogP contribution in [0.4, 0.5) is 0 Å². The highest BCUT2D eigenvalue weighted by Crippen LogP contribution is 2.35. The molecule has 2 heterocycles. The topological polar surface area (TPSA) is 61.2 Å². The summed E-state index contributed by atoms with van der Waals surface area (Å²) in [6.45, 7) is 6.09. The van der Waals surface area contributed by atoms with Gasteiger partial charge in [0, 0.05) is 10.4 Å². The monoisotopic (exact) mass is 472 g/mol. The molecule has 0 atom stereocenters. The van der Waals surface area contributed by atoms with Gasteiger partial charge in [0.1, 0.15) is 10.7 Å². The van der Waals surface area contributed by atoms with Gasteiger partial charge in [-0.05, 0) is 75.8 Å². The van der Waals surface area contributed by atoms with E-state index in [1.165, 1.54) is 16.9 Å². The standard InChI is InChI=1S/C28H28N2O3S/c1-17(2)33-28(32)20-13-11-19(12-14-20)16-30-25(21-8-6-7-18(3)15-21)29-26-24(27(30)31)22-9-4-5-10-23(22)34-26/h6-8,11-15,17H,4-5,9-10,16H2,1-3H3. The van der Waals surface area contributed by atoms with Gasteiger partial charge in [0.15, 0.2) is 0 Å². The van der Waals surface area contributed by atoms with Crippen LogP contribution in [0.1, 0.15) is 58.6 Å². The van der Waals surface area contributed by atoms with Crippen molar-refractivity contribution < 1.29 is 9.53 Å². The molecule has 2 aromatic carbocycles. The predicted octanol–water partition coefficient (Wildman–Crippen LogP) is 5.93. The van der Waals surface area contributed by atoms with E-state index in [0.717, 1.165) is 46.2 Å². The maximum Gasteiger partial charge on any atom is 0.338 e. The van der Waals surface area contributed by atoms with Crippen LogP contribution in [0.3, 0.4) is 0 Å². The molecule has 2 aromatic heterocycles. The fourth-order valence-electron chi connectivity index (χ4n) is 4.60. The number of rotatable bonds is 5. The SMILES string of the molecule is Cc1cccc(-c2nc3sc4c(c3c(=O)n2Cc2ccc(C(=O)OC(C)C)cc2)CCCC4)c1. The summed E-state index contributed by atoms with van der Waals surface area (Å²) in [5.74, 6) is 0.343. The summed E-state index contributed by atoms with van der Waals surface area (Å²) in [6, 6.07) is 15.4. The van der Waals surface area contributed by atoms with E-state index in [1.54, 1.807) is 28.0 Å². The minimum atomic E-state index is -0.341. The molecular formula is C28H28N2O3S. The zero-order valence-electron chi connectivity index (χ0n) is 19.8. The Morgan fingerprint density at radius 2 is 1.88 bits per heavy atom. The number of hydrogen-bond donors (Lipinski definition) is 0. The molecule has 0 N–H and O–H groups in total. The van der Waals surface area contributed by atoms with Gasteiger partial charge in [0.05, 0.1) is 23.6 Å². The number of aryl methyl sites for hydroxylation is 3. The highest BCUT2D eigenvalue weighted by molar-refractivity contribution is 7.18. The van der Waals surface area contributed by atoms with Gasteiger partial charge in [-0.1, -0.05) is 35.9 Å². The van der Waals surface area contributed by atoms with Gasteiger partial charge >= 0.3 is 5.97 Å². The Kier molecular flexibility index (Phi) is 6.09. The Morgan fingerprint density at radius 1 is 1.12 bits per heavy atom. The number of carbonyl (C=O) groups excluding carboxylic acids is 1. The Labute approximate surface area is 203 Å². The first-order valence-electron chi connectivity index (χ1n) is 11.8. The Morgan fingerprint density at radius 3 is 2.62 bits per heavy atom. The Balaban J connectivity index is 1.61. The van der Waals surface area contributed by atoms with Gasteiger partial charge in [-0.3, -0.25) is 9.36 Å². The predicted molar refractivity (Wildman–Crippen MR) is 137 cm³/mol. The number of nitrogens with zero attached hydrogens (tertiary/aromatic N) is 2. The quantitative estimate of drug-likeness (QED) is 0.338. The normalized spacial score (nSPS) is 13.3. The lowest BCUT2D eigenvalue weighted by Gasteiger charge is -2.15. The average molecular weight is 473 g/mol. The fraction of sp³-hybridized carbons (Fsp3) is 0.321. The third-order valence-electron chi connectivity index (χ3n) is 6.22. The van der Waals surface area contributed by atoms with Crippen molar-refractivity contribution in [3.63, 3.8) is 0 Å². The summed E-state index contributed by atoms with van der Waals surface area (Å²) in [7, 11) is 0. The zero-order chi connectivity index (χ0) is 23.8. The highest BCUT2D eigenvalue weighted by Gasteiger charge is 2.23. The molecule has 1 aliphatic carbocycles. The largest absolute Gasteiger partial charge is 0.459 e. The molecule has 5 rings (SSSR count). The van der Waals surface area contributed by atoms with Gasteiger partial charge in [-0.15, -0.1) is 11.3 Å². The van der Waals surface area contributed by atoms with Crippen molar-refractivity contribution in [2.75, 3.05) is 0 Å². The minimum absolute atomic E-state index is 0.0178. The molecule has 174 valence electrons. The lowest BCUT2D eigenvalue weighted by atomic mass is 9.97. The van der Waals surface area contributed by atoms with Crippen LogP contribution >= 0.6 is 11.3 Å². The van der Waals surface area contributed by atoms with Crippen molar-refractivity contribution >= 4 is 27.5 Å². The lowest BCUT2D eigenvalue weighted by molar-refractivity contribution is 0.0378. The third kappa shape index (κ3) is 4.30. The highest BCUT2D eigenvalue weighted by atomic mass is 32.1. The van der Waals surface area contributed by atoms with Gasteiger partial charge in [-0.25, -0.2) is 9.78 Å². The van der Waals surface area contributed by atoms with E-state index in [9.17, 15) is 9.59 Å². The van der Waals surface area contributed by atoms with Crippen LogP contribution in [-0.2, 0) is 24.1 Å². The number of carbonyl (C=O) groups is 1. The average Bonchev–Trinajstić information content (AvgIpc) is 3.19. The number of benzene rings is 2. The summed E-state index contributed by atoms with van der Waals surface area (Å²) < 4.78 is 7.08. The van der Waals surface area contributed by atoms with Gasteiger partial charge in [-0.2, -0.15) is 0 Å². The molecule has 0 bridgehead atoms. The molecule has 5 nitrogen and oxygen atoms in total. The van der Waals surface area contributed by atoms with Crippen molar-refractivity contribution in [3.8, 4) is 11.4 Å². The first-order valence-corrected chi connectivity index (χ1v) is 12.6. The van der Waals surface area contributed by atoms with Crippen LogP contribution in [0, 0.1) is 6.92 Å². The summed E-state index contributed by atoms with van der Waals surface area (Å²) in [6.07, 6.45) is 4.10. The molecule has 34 heavy (non-hydrogen) atoms. The first kappa shape index (κ1) is 22.5. The molecule has 0 unspecified atom stereocenters. The van der Waals surface area contributed by atoms with Crippen LogP contribution in [-0.4, -0.2) is 21.6 Å². The van der Waals surface area contributed by atoms with E-state index in [4.69, 9.17) is 9.72 Å². The number of thiophene rings is 1. The van der Waals surface area contributed by atoms with Crippen LogP contribution < -0.4 is 5.56 Å². The third-order valence-corrected chi connectivity index (χ3v) is 7.41. The smallest absolute Gasteiger partial charge is 0.338 e. The maximum absolute atomic E-state index is 13.9. The Bertz CT molecular complexity index is 1430. The summed E-state index contributed by atoms with van der Waals surface area (Å²) in [5, 5.41) is 0.785. The maximum atomic E-state index is 13.9. The number of hydrogen-bond acceptors (Lipinski definition) is 5. The number of aromatic nitrogens is 2. The fourth-order valence-corrected chi connectivity index (χ4v) is 5.85. The van der Waals surface area contributed by atoms with E-state index >= 15 is 0 Å². The second kappa shape index (κ2) is 9.18. The van der Waals surface area contributed by atoms with Crippen molar-refractivity contribution in [3.05, 3.63) is 86.0 Å². The Hall–Kier alpha value is -3.25. The van der Waals surface area contributed by atoms with Crippen LogP contribution in [0.25, 0.3) is 21.6 Å². The number of fused-ring (bicyclic) bond motifs is 3. The lowest BCUT2D eigenvalue weighted by Crippen LogP contribution is -2.24. The molecule has 0 aliphatic heterocycles. The van der Waals surface area contributed by atoms with Crippen molar-refractivity contribution in [1.82, 2.24) is 9.55 Å². The molecule has 0 saturated carbocycles. The van der Waals surface area contributed by atoms with E-state index in [1.807, 2.05) is 51.1 Å². The molecule has 1 aliphatic rings. The van der Waals surface area contributed by atoms with Crippen molar-refractivity contribution in [2.24, 2.45) is 0 Å². The van der Waals surface area contributed by atoms with Crippen molar-refractivity contribution in [2.45, 2.75) is 59.1 Å². The van der Waals surface area contributed by atoms with Gasteiger partial charge in [0.25, 0.3) is 5.56 Å². The van der Waals surface area contributed by atoms with Crippen LogP contribution in [0.15, 0.2) is 53.3 Å². The molecular weight excluding hydrogens is 444 g/mol. The summed E-state index contributed by atoms with van der Waals surface area (Å²) in [5.41, 5.74) is 4.70. The first-order chi connectivity index (χ1) is 16.4. The summed E-state index contributed by atoms with van der Waals surface area (Å²) >= 11 is 1.68. The van der Waals surface area contributed by atoms with Crippen LogP contribution in [0.2, 0.25) is 0 Å². The van der Waals surface area contributed by atoms with Crippen LogP contribution in [0.5, 0.6) is 0 Å². The van der Waals surface area contributed by atoms with E-state index in [-0.39, 0.29) is 17.6 Å². The molecule has 0 saturated heterocycles. The molecule has 0 spiro atoms. The van der Waals surface area contributed by atoms with E-state index in [0.29, 0.717) is 17.9 Å². The zero-order valence-corrected chi connectivity index (χ0v) is 20.6. The van der Waals surface area contributed by atoms with Gasteiger partial charge in [0.2, 0.25) is 0 Å². The molecule has 0 amide bonds. The number of esters is 1. The van der Waals surface area contributed by atoms with Gasteiger partial charge < -0.3 is 4.74 Å². The number of ether oxygens (including phenoxy) is 1. The molecule has 6 heteroatoms. The van der Waals surface area contributed by atoms with E-state index in [2.05, 4.69) is 6.07 Å². The second-order valence-corrected chi connectivity index (χ2v) is 10.3. The summed E-state index contributed by atoms with van der Waals surface area (Å²) in [4.78, 5) is 33.3. The minimum Gasteiger partial charge on any atom is -0.459 e. The molecule has 0 radical (unpaired) electrons. The molecule has 4 aromatic rings. The van der Waals surface area contributed by atoms with Crippen molar-refractivity contribution in [1.29, 1.82) is 0 Å². The second-order valence-electron chi connectivity index (χ2n) is 9.24. The molecule has 0 fully saturated rings. The van der Waals surface area contributed by atoms with E-state index < -0.39 is 0 Å².